The third-order valence-corrected chi connectivity index (χ3v) is 6.24. The quantitative estimate of drug-likeness (QED) is 0.506. The zero-order valence-corrected chi connectivity index (χ0v) is 17.6. The molecule has 0 radical (unpaired) electrons. The van der Waals surface area contributed by atoms with Crippen LogP contribution >= 0.6 is 15.9 Å². The molecule has 1 aromatic carbocycles. The first-order valence-electron chi connectivity index (χ1n) is 9.70. The highest BCUT2D eigenvalue weighted by molar-refractivity contribution is 9.10. The van der Waals surface area contributed by atoms with Crippen molar-refractivity contribution in [3.63, 3.8) is 0 Å². The fraction of sp³-hybridized carbons (Fsp3) is 0.450. The largest absolute Gasteiger partial charge is 0.376 e. The van der Waals surface area contributed by atoms with Gasteiger partial charge in [-0.05, 0) is 53.7 Å². The maximum atomic E-state index is 14.2. The van der Waals surface area contributed by atoms with Crippen LogP contribution in [0.2, 0.25) is 0 Å². The van der Waals surface area contributed by atoms with Crippen LogP contribution in [-0.4, -0.2) is 34.4 Å². The lowest BCUT2D eigenvalue weighted by Gasteiger charge is -2.16. The molecule has 2 aliphatic carbocycles. The van der Waals surface area contributed by atoms with Crippen LogP contribution in [0.5, 0.6) is 0 Å². The lowest BCUT2D eigenvalue weighted by atomic mass is 10.1. The number of hydrogen-bond acceptors (Lipinski definition) is 7. The average Bonchev–Trinajstić information content (AvgIpc) is 3.65. The smallest absolute Gasteiger partial charge is 0.225 e. The normalized spacial score (nSPS) is 17.5. The van der Waals surface area contributed by atoms with E-state index >= 15 is 0 Å². The van der Waals surface area contributed by atoms with Crippen molar-refractivity contribution in [3.05, 3.63) is 39.9 Å². The minimum atomic E-state index is -0.357. The number of fused-ring (bicyclic) bond motifs is 1. The van der Waals surface area contributed by atoms with Crippen molar-refractivity contribution in [3.8, 4) is 0 Å². The van der Waals surface area contributed by atoms with Gasteiger partial charge in [-0.3, -0.25) is 0 Å². The van der Waals surface area contributed by atoms with E-state index in [0.29, 0.717) is 46.1 Å². The highest BCUT2D eigenvalue weighted by Gasteiger charge is 2.42. The number of aromatic nitrogens is 3. The molecule has 9 heteroatoms. The fourth-order valence-electron chi connectivity index (χ4n) is 3.44. The third-order valence-electron chi connectivity index (χ3n) is 5.63. The second-order valence-electron chi connectivity index (χ2n) is 7.77. The molecule has 3 aromatic rings. The number of anilines is 2. The lowest BCUT2D eigenvalue weighted by molar-refractivity contribution is 0.0913. The van der Waals surface area contributed by atoms with Gasteiger partial charge in [0.25, 0.3) is 0 Å². The Hall–Kier alpha value is -2.26. The van der Waals surface area contributed by atoms with Crippen molar-refractivity contribution in [1.29, 1.82) is 0 Å². The second kappa shape index (κ2) is 7.21. The number of nitrogens with zero attached hydrogens (tertiary/aromatic N) is 3. The summed E-state index contributed by atoms with van der Waals surface area (Å²) < 4.78 is 25.3. The molecule has 2 heterocycles. The summed E-state index contributed by atoms with van der Waals surface area (Å²) in [4.78, 5) is 9.16. The molecule has 29 heavy (non-hydrogen) atoms. The summed E-state index contributed by atoms with van der Waals surface area (Å²) in [5.74, 6) is 1.18. The van der Waals surface area contributed by atoms with Crippen LogP contribution in [0.4, 0.5) is 16.2 Å². The molecule has 0 unspecified atom stereocenters. The first-order valence-corrected chi connectivity index (χ1v) is 10.5. The minimum absolute atomic E-state index is 0.128. The maximum Gasteiger partial charge on any atom is 0.225 e. The predicted octanol–water partition coefficient (Wildman–Crippen LogP) is 4.60. The Labute approximate surface area is 175 Å². The molecular weight excluding hydrogens is 441 g/mol. The molecule has 2 N–H and O–H groups in total. The van der Waals surface area contributed by atoms with Crippen molar-refractivity contribution in [2.75, 3.05) is 24.3 Å². The maximum absolute atomic E-state index is 14.2. The van der Waals surface area contributed by atoms with Crippen LogP contribution in [0, 0.1) is 5.82 Å². The molecular formula is C20H21BrFN5O2. The van der Waals surface area contributed by atoms with E-state index in [1.807, 2.05) is 0 Å². The molecule has 0 saturated heterocycles. The summed E-state index contributed by atoms with van der Waals surface area (Å²) in [5.41, 5.74) is 2.52. The first-order chi connectivity index (χ1) is 14.1. The Morgan fingerprint density at radius 2 is 2.10 bits per heavy atom. The fourth-order valence-corrected chi connectivity index (χ4v) is 3.77. The summed E-state index contributed by atoms with van der Waals surface area (Å²) >= 11 is 3.24. The monoisotopic (exact) mass is 461 g/mol. The minimum Gasteiger partial charge on any atom is -0.376 e. The lowest BCUT2D eigenvalue weighted by Crippen LogP contribution is -2.24. The van der Waals surface area contributed by atoms with Crippen molar-refractivity contribution in [2.24, 2.45) is 0 Å². The Morgan fingerprint density at radius 3 is 2.83 bits per heavy atom. The Balaban J connectivity index is 1.44. The molecule has 0 amide bonds. The Morgan fingerprint density at radius 1 is 1.28 bits per heavy atom. The van der Waals surface area contributed by atoms with E-state index in [1.54, 1.807) is 19.4 Å². The number of methoxy groups -OCH3 is 1. The summed E-state index contributed by atoms with van der Waals surface area (Å²) in [6.07, 6.45) is 5.98. The Kier molecular flexibility index (Phi) is 4.66. The molecule has 5 rings (SSSR count). The summed E-state index contributed by atoms with van der Waals surface area (Å²) in [6, 6.07) is 3.11. The van der Waals surface area contributed by atoms with Gasteiger partial charge in [0, 0.05) is 37.1 Å². The third kappa shape index (κ3) is 3.81. The van der Waals surface area contributed by atoms with E-state index in [2.05, 4.69) is 41.7 Å². The Bertz CT molecular complexity index is 1060. The van der Waals surface area contributed by atoms with Gasteiger partial charge in [-0.15, -0.1) is 0 Å². The van der Waals surface area contributed by atoms with E-state index in [4.69, 9.17) is 9.26 Å². The standard InChI is InChI=1S/C20H21BrFN5O2/c1-28-20(4-5-20)10-24-19-25-16-7-14(21)15(22)6-13(16)18(26-19)23-8-12-9-29-27-17(12)11-2-3-11/h6-7,9,11H,2-5,8,10H2,1H3,(H2,23,24,25,26). The van der Waals surface area contributed by atoms with Gasteiger partial charge in [-0.2, -0.15) is 4.98 Å². The van der Waals surface area contributed by atoms with Crippen LogP contribution in [0.1, 0.15) is 42.9 Å². The van der Waals surface area contributed by atoms with Crippen molar-refractivity contribution < 1.29 is 13.7 Å². The van der Waals surface area contributed by atoms with Crippen LogP contribution in [0.25, 0.3) is 10.9 Å². The van der Waals surface area contributed by atoms with Crippen LogP contribution < -0.4 is 10.6 Å². The highest BCUT2D eigenvalue weighted by Crippen LogP contribution is 2.41. The molecule has 0 spiro atoms. The number of rotatable bonds is 8. The molecule has 0 atom stereocenters. The van der Waals surface area contributed by atoms with Crippen molar-refractivity contribution >= 4 is 38.6 Å². The van der Waals surface area contributed by atoms with Gasteiger partial charge in [-0.1, -0.05) is 5.16 Å². The van der Waals surface area contributed by atoms with E-state index < -0.39 is 0 Å². The van der Waals surface area contributed by atoms with E-state index in [1.165, 1.54) is 6.07 Å². The molecule has 7 nitrogen and oxygen atoms in total. The second-order valence-corrected chi connectivity index (χ2v) is 8.63. The zero-order valence-electron chi connectivity index (χ0n) is 16.0. The van der Waals surface area contributed by atoms with E-state index in [-0.39, 0.29) is 11.4 Å². The highest BCUT2D eigenvalue weighted by atomic mass is 79.9. The number of ether oxygens (including phenoxy) is 1. The van der Waals surface area contributed by atoms with Gasteiger partial charge in [0.1, 0.15) is 17.9 Å². The van der Waals surface area contributed by atoms with Gasteiger partial charge < -0.3 is 19.9 Å². The van der Waals surface area contributed by atoms with Crippen LogP contribution in [-0.2, 0) is 11.3 Å². The number of halogens is 2. The van der Waals surface area contributed by atoms with Gasteiger partial charge in [-0.25, -0.2) is 9.37 Å². The van der Waals surface area contributed by atoms with Crippen LogP contribution in [0.15, 0.2) is 27.4 Å². The molecule has 152 valence electrons. The number of hydrogen-bond donors (Lipinski definition) is 2. The molecule has 2 aliphatic rings. The summed E-state index contributed by atoms with van der Waals surface area (Å²) in [7, 11) is 1.72. The molecule has 0 aliphatic heterocycles. The summed E-state index contributed by atoms with van der Waals surface area (Å²) in [6.45, 7) is 1.13. The number of benzene rings is 1. The van der Waals surface area contributed by atoms with Crippen LogP contribution in [0.3, 0.4) is 0 Å². The average molecular weight is 462 g/mol. The number of nitrogens with one attached hydrogen (secondary N) is 2. The van der Waals surface area contributed by atoms with Gasteiger partial charge >= 0.3 is 0 Å². The first kappa shape index (κ1) is 18.7. The van der Waals surface area contributed by atoms with Gasteiger partial charge in [0.15, 0.2) is 0 Å². The van der Waals surface area contributed by atoms with Gasteiger partial charge in [0.2, 0.25) is 5.95 Å². The van der Waals surface area contributed by atoms with Crippen molar-refractivity contribution in [1.82, 2.24) is 15.1 Å². The molecule has 2 aromatic heterocycles. The van der Waals surface area contributed by atoms with E-state index in [9.17, 15) is 4.39 Å². The summed E-state index contributed by atoms with van der Waals surface area (Å²) in [5, 5.41) is 11.3. The topological polar surface area (TPSA) is 85.1 Å². The molecule has 0 bridgehead atoms. The predicted molar refractivity (Wildman–Crippen MR) is 110 cm³/mol. The zero-order chi connectivity index (χ0) is 20.0. The molecule has 2 fully saturated rings. The van der Waals surface area contributed by atoms with Crippen molar-refractivity contribution in [2.45, 2.75) is 43.7 Å². The van der Waals surface area contributed by atoms with E-state index in [0.717, 1.165) is 36.9 Å². The SMILES string of the molecule is COC1(CNc2nc(NCc3conc3C3CC3)c3cc(F)c(Br)cc3n2)CC1. The van der Waals surface area contributed by atoms with Gasteiger partial charge in [0.05, 0.1) is 21.3 Å². The molecule has 2 saturated carbocycles.